The third kappa shape index (κ3) is 4.58. The minimum Gasteiger partial charge on any atom is -0.508 e. The Morgan fingerprint density at radius 3 is 2.45 bits per heavy atom. The first kappa shape index (κ1) is 24.7. The molecule has 0 unspecified atom stereocenters. The van der Waals surface area contributed by atoms with Gasteiger partial charge in [-0.3, -0.25) is 14.6 Å². The van der Waals surface area contributed by atoms with Crippen molar-refractivity contribution in [3.05, 3.63) is 101 Å². The number of benzene rings is 4. The van der Waals surface area contributed by atoms with Gasteiger partial charge in [-0.15, -0.1) is 0 Å². The van der Waals surface area contributed by atoms with Crippen LogP contribution in [0.25, 0.3) is 10.8 Å². The van der Waals surface area contributed by atoms with E-state index in [1.165, 1.54) is 35.5 Å². The highest BCUT2D eigenvalue weighted by molar-refractivity contribution is 6.09. The molecule has 5 rings (SSSR count). The zero-order chi connectivity index (χ0) is 27.0. The SMILES string of the molecule is Cc1cccc2c(O)cc3c(c12)CCN3C(=O)/C(N)=C/N(N)c1ccc(NC(=O)c2ccc(O)cc2)cc1. The number of phenolic OH excluding ortho intramolecular Hbond substituents is 2. The summed E-state index contributed by atoms with van der Waals surface area (Å²) in [4.78, 5) is 27.2. The van der Waals surface area contributed by atoms with E-state index in [4.69, 9.17) is 11.6 Å². The van der Waals surface area contributed by atoms with Gasteiger partial charge in [0.15, 0.2) is 0 Å². The van der Waals surface area contributed by atoms with Crippen LogP contribution in [0.15, 0.2) is 84.7 Å². The number of aryl methyl sites for hydroxylation is 1. The maximum atomic E-state index is 13.2. The third-order valence-corrected chi connectivity index (χ3v) is 6.63. The number of hydrogen-bond donors (Lipinski definition) is 5. The Kier molecular flexibility index (Phi) is 6.36. The lowest BCUT2D eigenvalue weighted by Gasteiger charge is -2.20. The molecule has 0 atom stereocenters. The van der Waals surface area contributed by atoms with Crippen LogP contribution < -0.4 is 26.8 Å². The molecule has 0 spiro atoms. The van der Waals surface area contributed by atoms with Crippen LogP contribution >= 0.6 is 0 Å². The van der Waals surface area contributed by atoms with E-state index < -0.39 is 5.91 Å². The van der Waals surface area contributed by atoms with Crippen molar-refractivity contribution < 1.29 is 19.8 Å². The van der Waals surface area contributed by atoms with Crippen molar-refractivity contribution in [1.29, 1.82) is 0 Å². The maximum absolute atomic E-state index is 13.2. The van der Waals surface area contributed by atoms with E-state index >= 15 is 0 Å². The van der Waals surface area contributed by atoms with Crippen molar-refractivity contribution in [3.8, 4) is 11.5 Å². The van der Waals surface area contributed by atoms with Gasteiger partial charge in [-0.1, -0.05) is 18.2 Å². The van der Waals surface area contributed by atoms with E-state index in [9.17, 15) is 19.8 Å². The Morgan fingerprint density at radius 1 is 1.03 bits per heavy atom. The summed E-state index contributed by atoms with van der Waals surface area (Å²) in [6, 6.07) is 20.0. The average Bonchev–Trinajstić information content (AvgIpc) is 3.32. The molecule has 4 aromatic rings. The van der Waals surface area contributed by atoms with Crippen LogP contribution in [0.5, 0.6) is 11.5 Å². The van der Waals surface area contributed by atoms with Gasteiger partial charge in [0.25, 0.3) is 11.8 Å². The molecule has 4 aromatic carbocycles. The predicted octanol–water partition coefficient (Wildman–Crippen LogP) is 3.88. The number of carbonyl (C=O) groups excluding carboxylic acids is 2. The lowest BCUT2D eigenvalue weighted by molar-refractivity contribution is -0.115. The molecule has 0 fully saturated rings. The van der Waals surface area contributed by atoms with Crippen LogP contribution in [0, 0.1) is 6.92 Å². The Hall–Kier alpha value is -5.02. The number of fused-ring (bicyclic) bond motifs is 3. The maximum Gasteiger partial charge on any atom is 0.275 e. The molecule has 1 aliphatic rings. The number of phenols is 2. The number of nitrogens with two attached hydrogens (primary N) is 2. The smallest absolute Gasteiger partial charge is 0.275 e. The van der Waals surface area contributed by atoms with E-state index in [0.29, 0.717) is 35.6 Å². The minimum atomic E-state index is -0.413. The summed E-state index contributed by atoms with van der Waals surface area (Å²) in [6.45, 7) is 2.42. The molecule has 1 aliphatic heterocycles. The number of anilines is 3. The normalized spacial score (nSPS) is 12.9. The summed E-state index contributed by atoms with van der Waals surface area (Å²) in [5.74, 6) is 5.61. The van der Waals surface area contributed by atoms with Crippen molar-refractivity contribution in [3.63, 3.8) is 0 Å². The molecular weight excluding hydrogens is 482 g/mol. The monoisotopic (exact) mass is 509 g/mol. The summed E-state index contributed by atoms with van der Waals surface area (Å²) < 4.78 is 0. The zero-order valence-corrected chi connectivity index (χ0v) is 20.7. The summed E-state index contributed by atoms with van der Waals surface area (Å²) >= 11 is 0. The van der Waals surface area contributed by atoms with Crippen LogP contribution in [0.3, 0.4) is 0 Å². The Morgan fingerprint density at radius 2 is 1.74 bits per heavy atom. The molecule has 38 heavy (non-hydrogen) atoms. The molecule has 0 saturated heterocycles. The van der Waals surface area contributed by atoms with E-state index in [1.807, 2.05) is 25.1 Å². The number of nitrogens with zero attached hydrogens (tertiary/aromatic N) is 2. The van der Waals surface area contributed by atoms with Gasteiger partial charge in [0.05, 0.1) is 11.4 Å². The van der Waals surface area contributed by atoms with Crippen LogP contribution in [-0.2, 0) is 11.2 Å². The summed E-state index contributed by atoms with van der Waals surface area (Å²) in [7, 11) is 0. The van der Waals surface area contributed by atoms with Gasteiger partial charge in [0, 0.05) is 35.4 Å². The third-order valence-electron chi connectivity index (χ3n) is 6.63. The van der Waals surface area contributed by atoms with E-state index in [1.54, 1.807) is 35.2 Å². The summed E-state index contributed by atoms with van der Waals surface area (Å²) in [6.07, 6.45) is 2.00. The number of aromatic hydroxyl groups is 2. The van der Waals surface area contributed by atoms with Crippen molar-refractivity contribution in [1.82, 2.24) is 0 Å². The van der Waals surface area contributed by atoms with E-state index in [2.05, 4.69) is 5.32 Å². The topological polar surface area (TPSA) is 145 Å². The lowest BCUT2D eigenvalue weighted by Crippen LogP contribution is -2.35. The second-order valence-electron chi connectivity index (χ2n) is 9.14. The Balaban J connectivity index is 1.31. The fraction of sp³-hybridized carbons (Fsp3) is 0.103. The molecule has 7 N–H and O–H groups in total. The summed E-state index contributed by atoms with van der Waals surface area (Å²) in [5, 5.41) is 25.7. The number of nitrogens with one attached hydrogen (secondary N) is 1. The second kappa shape index (κ2) is 9.79. The quantitative estimate of drug-likeness (QED) is 0.156. The number of carbonyl (C=O) groups is 2. The molecule has 9 heteroatoms. The van der Waals surface area contributed by atoms with Crippen molar-refractivity contribution in [2.24, 2.45) is 11.6 Å². The zero-order valence-electron chi connectivity index (χ0n) is 20.7. The fourth-order valence-electron chi connectivity index (χ4n) is 4.72. The van der Waals surface area contributed by atoms with Crippen molar-refractivity contribution in [2.45, 2.75) is 13.3 Å². The van der Waals surface area contributed by atoms with Gasteiger partial charge in [-0.05, 0) is 78.4 Å². The number of hydrazine groups is 1. The first-order valence-corrected chi connectivity index (χ1v) is 12.0. The first-order valence-electron chi connectivity index (χ1n) is 12.0. The van der Waals surface area contributed by atoms with Crippen LogP contribution in [0.4, 0.5) is 17.1 Å². The molecule has 0 radical (unpaired) electrons. The van der Waals surface area contributed by atoms with Crippen molar-refractivity contribution in [2.75, 3.05) is 21.8 Å². The van der Waals surface area contributed by atoms with E-state index in [-0.39, 0.29) is 23.1 Å². The highest BCUT2D eigenvalue weighted by Gasteiger charge is 2.29. The lowest BCUT2D eigenvalue weighted by atomic mass is 9.97. The molecular formula is C29H27N5O4. The molecule has 0 aromatic heterocycles. The largest absolute Gasteiger partial charge is 0.508 e. The van der Waals surface area contributed by atoms with Crippen LogP contribution in [0.1, 0.15) is 21.5 Å². The Bertz CT molecular complexity index is 1580. The molecule has 0 bridgehead atoms. The van der Waals surface area contributed by atoms with Gasteiger partial charge in [-0.25, -0.2) is 5.84 Å². The standard InChI is InChI=1S/C29H27N5O4/c1-17-3-2-4-23-26(36)15-25-22(27(17)23)13-14-33(25)29(38)24(30)16-34(31)20-9-7-19(8-10-20)32-28(37)18-5-11-21(35)12-6-18/h2-12,15-16,35-36H,13-14,30-31H2,1H3,(H,32,37)/b24-16-. The number of hydrogen-bond acceptors (Lipinski definition) is 7. The molecule has 192 valence electrons. The molecule has 0 aliphatic carbocycles. The van der Waals surface area contributed by atoms with Crippen LogP contribution in [-0.4, -0.2) is 28.6 Å². The minimum absolute atomic E-state index is 0.0607. The molecule has 9 nitrogen and oxygen atoms in total. The highest BCUT2D eigenvalue weighted by Crippen LogP contribution is 2.41. The van der Waals surface area contributed by atoms with Gasteiger partial charge < -0.3 is 26.2 Å². The molecule has 1 heterocycles. The number of rotatable bonds is 5. The highest BCUT2D eigenvalue weighted by atomic mass is 16.3. The first-order chi connectivity index (χ1) is 18.2. The molecule has 0 saturated carbocycles. The van der Waals surface area contributed by atoms with Crippen LogP contribution in [0.2, 0.25) is 0 Å². The van der Waals surface area contributed by atoms with Gasteiger partial charge in [0.2, 0.25) is 0 Å². The predicted molar refractivity (Wildman–Crippen MR) is 148 cm³/mol. The van der Waals surface area contributed by atoms with Crippen molar-refractivity contribution >= 4 is 39.6 Å². The van der Waals surface area contributed by atoms with Gasteiger partial charge >= 0.3 is 0 Å². The van der Waals surface area contributed by atoms with Gasteiger partial charge in [0.1, 0.15) is 17.2 Å². The average molecular weight is 510 g/mol. The number of amides is 2. The summed E-state index contributed by atoms with van der Waals surface area (Å²) in [5.41, 5.74) is 10.3. The second-order valence-corrected chi connectivity index (χ2v) is 9.14. The van der Waals surface area contributed by atoms with E-state index in [0.717, 1.165) is 21.9 Å². The fourth-order valence-corrected chi connectivity index (χ4v) is 4.72. The Labute approximate surface area is 219 Å². The van der Waals surface area contributed by atoms with Gasteiger partial charge in [-0.2, -0.15) is 0 Å². The molecule has 2 amide bonds.